The molecule has 1 saturated heterocycles. The molecule has 3 aromatic rings. The third-order valence-electron chi connectivity index (χ3n) is 7.80. The van der Waals surface area contributed by atoms with E-state index in [9.17, 15) is 0 Å². The van der Waals surface area contributed by atoms with Gasteiger partial charge >= 0.3 is 6.01 Å². The second kappa shape index (κ2) is 7.63. The van der Waals surface area contributed by atoms with Crippen molar-refractivity contribution >= 4 is 11.5 Å². The highest BCUT2D eigenvalue weighted by molar-refractivity contribution is 5.88. The highest BCUT2D eigenvalue weighted by Gasteiger charge is 2.56. The Kier molecular flexibility index (Phi) is 4.52. The molecular weight excluding hydrogens is 426 g/mol. The van der Waals surface area contributed by atoms with E-state index in [4.69, 9.17) is 14.7 Å². The number of fused-ring (bicyclic) bond motifs is 4. The van der Waals surface area contributed by atoms with Gasteiger partial charge in [0.2, 0.25) is 0 Å². The summed E-state index contributed by atoms with van der Waals surface area (Å²) in [4.78, 5) is 20.7. The number of aromatic nitrogens is 4. The van der Waals surface area contributed by atoms with Crippen molar-refractivity contribution in [3.05, 3.63) is 47.7 Å². The van der Waals surface area contributed by atoms with Crippen molar-refractivity contribution in [2.24, 2.45) is 17.8 Å². The largest absolute Gasteiger partial charge is 0.421 e. The molecule has 2 aromatic heterocycles. The van der Waals surface area contributed by atoms with Crippen molar-refractivity contribution in [2.45, 2.75) is 32.2 Å². The van der Waals surface area contributed by atoms with E-state index >= 15 is 0 Å². The van der Waals surface area contributed by atoms with Gasteiger partial charge in [-0.3, -0.25) is 0 Å². The minimum Gasteiger partial charge on any atom is -0.421 e. The molecule has 0 amide bonds. The first kappa shape index (κ1) is 20.1. The molecule has 174 valence electrons. The van der Waals surface area contributed by atoms with Crippen molar-refractivity contribution in [1.29, 1.82) is 0 Å². The van der Waals surface area contributed by atoms with Crippen LogP contribution < -0.4 is 20.3 Å². The maximum Gasteiger partial charge on any atom is 0.324 e. The summed E-state index contributed by atoms with van der Waals surface area (Å²) in [5.41, 5.74) is 5.83. The Balaban J connectivity index is 1.21. The van der Waals surface area contributed by atoms with E-state index in [2.05, 4.69) is 43.7 Å². The first-order chi connectivity index (χ1) is 16.7. The fraction of sp³-hybridized carbons (Fsp3) is 0.462. The van der Waals surface area contributed by atoms with Gasteiger partial charge < -0.3 is 20.3 Å². The number of aryl methyl sites for hydroxylation is 1. The summed E-state index contributed by atoms with van der Waals surface area (Å²) in [7, 11) is 1.97. The van der Waals surface area contributed by atoms with Crippen LogP contribution in [-0.2, 0) is 6.42 Å². The minimum atomic E-state index is 0.365. The normalized spacial score (nSPS) is 23.9. The average molecular weight is 456 g/mol. The fourth-order valence-electron chi connectivity index (χ4n) is 5.73. The molecule has 2 saturated carbocycles. The van der Waals surface area contributed by atoms with Crippen LogP contribution in [0.5, 0.6) is 11.8 Å². The van der Waals surface area contributed by atoms with Gasteiger partial charge in [0, 0.05) is 43.9 Å². The molecule has 3 heterocycles. The Morgan fingerprint density at radius 1 is 1.09 bits per heavy atom. The van der Waals surface area contributed by atoms with E-state index in [-0.39, 0.29) is 0 Å². The number of ether oxygens (including phenoxy) is 1. The van der Waals surface area contributed by atoms with Crippen LogP contribution >= 0.6 is 0 Å². The Labute approximate surface area is 199 Å². The van der Waals surface area contributed by atoms with Crippen molar-refractivity contribution in [3.8, 4) is 22.9 Å². The Hall–Kier alpha value is -3.26. The smallest absolute Gasteiger partial charge is 0.324 e. The number of hydrogen-bond acceptors (Lipinski definition) is 8. The van der Waals surface area contributed by atoms with E-state index < -0.39 is 0 Å². The number of anilines is 2. The molecule has 0 bridgehead atoms. The van der Waals surface area contributed by atoms with Gasteiger partial charge in [-0.05, 0) is 61.3 Å². The predicted octanol–water partition coefficient (Wildman–Crippen LogP) is 3.41. The third-order valence-corrected chi connectivity index (χ3v) is 7.80. The van der Waals surface area contributed by atoms with Crippen LogP contribution in [0.2, 0.25) is 0 Å². The van der Waals surface area contributed by atoms with Gasteiger partial charge in [-0.2, -0.15) is 9.97 Å². The molecule has 34 heavy (non-hydrogen) atoms. The Morgan fingerprint density at radius 2 is 1.88 bits per heavy atom. The molecule has 7 rings (SSSR count). The van der Waals surface area contributed by atoms with Crippen LogP contribution in [-0.4, -0.2) is 52.7 Å². The molecule has 3 aliphatic carbocycles. The molecule has 0 radical (unpaired) electrons. The highest BCUT2D eigenvalue weighted by atomic mass is 16.5. The van der Waals surface area contributed by atoms with Crippen LogP contribution in [0.15, 0.2) is 30.6 Å². The van der Waals surface area contributed by atoms with E-state index in [1.165, 1.54) is 30.5 Å². The molecule has 2 atom stereocenters. The summed E-state index contributed by atoms with van der Waals surface area (Å²) in [5, 5.41) is 7.16. The lowest BCUT2D eigenvalue weighted by atomic mass is 10.1. The van der Waals surface area contributed by atoms with Crippen LogP contribution in [0.25, 0.3) is 11.1 Å². The zero-order valence-corrected chi connectivity index (χ0v) is 19.6. The molecule has 3 fully saturated rings. The van der Waals surface area contributed by atoms with Gasteiger partial charge in [-0.15, -0.1) is 0 Å². The summed E-state index contributed by atoms with van der Waals surface area (Å²) in [5.74, 6) is 4.60. The van der Waals surface area contributed by atoms with E-state index in [0.717, 1.165) is 48.2 Å². The number of benzene rings is 1. The van der Waals surface area contributed by atoms with E-state index in [1.54, 1.807) is 12.4 Å². The summed E-state index contributed by atoms with van der Waals surface area (Å²) in [6.45, 7) is 5.11. The summed E-state index contributed by atoms with van der Waals surface area (Å²) < 4.78 is 6.04. The molecule has 2 N–H and O–H groups in total. The van der Waals surface area contributed by atoms with Crippen molar-refractivity contribution in [3.63, 3.8) is 0 Å². The van der Waals surface area contributed by atoms with Gasteiger partial charge in [-0.1, -0.05) is 12.1 Å². The monoisotopic (exact) mass is 455 g/mol. The molecule has 1 aromatic carbocycles. The lowest BCUT2D eigenvalue weighted by molar-refractivity contribution is 0.435. The second-order valence-corrected chi connectivity index (χ2v) is 10.1. The predicted molar refractivity (Wildman–Crippen MR) is 130 cm³/mol. The summed E-state index contributed by atoms with van der Waals surface area (Å²) >= 11 is 0. The zero-order chi connectivity index (χ0) is 22.8. The molecule has 4 aliphatic rings. The maximum atomic E-state index is 6.04. The SMILES string of the molecule is CNc1cccc2c1Cc1nc(Oc3cnc(C)nc3)nc(N3CC4C(C3)C4NCC3CC3)c1-2. The highest BCUT2D eigenvalue weighted by Crippen LogP contribution is 2.51. The molecule has 1 aliphatic heterocycles. The van der Waals surface area contributed by atoms with Crippen LogP contribution in [0.3, 0.4) is 0 Å². The fourth-order valence-corrected chi connectivity index (χ4v) is 5.73. The minimum absolute atomic E-state index is 0.365. The van der Waals surface area contributed by atoms with Crippen molar-refractivity contribution in [2.75, 3.05) is 36.9 Å². The van der Waals surface area contributed by atoms with Crippen LogP contribution in [0.4, 0.5) is 11.5 Å². The lowest BCUT2D eigenvalue weighted by Crippen LogP contribution is -2.33. The number of rotatable bonds is 7. The lowest BCUT2D eigenvalue weighted by Gasteiger charge is -2.24. The Morgan fingerprint density at radius 3 is 2.62 bits per heavy atom. The molecular formula is C26H29N7O. The molecule has 8 nitrogen and oxygen atoms in total. The standard InChI is InChI=1S/C26H29N7O/c1-14-28-10-16(11-29-14)34-26-31-22-8-18-17(4-3-5-21(18)27-2)23(22)25(32-26)33-12-19-20(13-33)24(19)30-9-15-6-7-15/h3-5,10-11,15,19-20,24,27,30H,6-9,12-13H2,1-2H3. The van der Waals surface area contributed by atoms with Gasteiger partial charge in [-0.25, -0.2) is 9.97 Å². The number of nitrogens with zero attached hydrogens (tertiary/aromatic N) is 5. The summed E-state index contributed by atoms with van der Waals surface area (Å²) in [6, 6.07) is 7.47. The topological polar surface area (TPSA) is 88.1 Å². The van der Waals surface area contributed by atoms with E-state index in [0.29, 0.717) is 35.5 Å². The average Bonchev–Trinajstić information content (AvgIpc) is 3.70. The van der Waals surface area contributed by atoms with Gasteiger partial charge in [0.1, 0.15) is 11.6 Å². The van der Waals surface area contributed by atoms with Gasteiger partial charge in [0.25, 0.3) is 0 Å². The molecule has 2 unspecified atom stereocenters. The number of nitrogens with one attached hydrogen (secondary N) is 2. The number of hydrogen-bond donors (Lipinski definition) is 2. The number of piperidine rings is 1. The maximum absolute atomic E-state index is 6.04. The van der Waals surface area contributed by atoms with Gasteiger partial charge in [0.15, 0.2) is 5.75 Å². The first-order valence-corrected chi connectivity index (χ1v) is 12.3. The van der Waals surface area contributed by atoms with E-state index in [1.807, 2.05) is 14.0 Å². The first-order valence-electron chi connectivity index (χ1n) is 12.3. The third kappa shape index (κ3) is 3.39. The summed E-state index contributed by atoms with van der Waals surface area (Å²) in [6.07, 6.45) is 6.92. The van der Waals surface area contributed by atoms with Crippen LogP contribution in [0, 0.1) is 24.7 Å². The zero-order valence-electron chi connectivity index (χ0n) is 19.6. The molecule has 8 heteroatoms. The Bertz CT molecular complexity index is 1240. The second-order valence-electron chi connectivity index (χ2n) is 10.1. The van der Waals surface area contributed by atoms with Crippen molar-refractivity contribution in [1.82, 2.24) is 25.3 Å². The van der Waals surface area contributed by atoms with Crippen LogP contribution in [0.1, 0.15) is 29.9 Å². The molecule has 0 spiro atoms. The quantitative estimate of drug-likeness (QED) is 0.438. The van der Waals surface area contributed by atoms with Gasteiger partial charge in [0.05, 0.1) is 18.1 Å². The van der Waals surface area contributed by atoms with Crippen molar-refractivity contribution < 1.29 is 4.74 Å².